The lowest BCUT2D eigenvalue weighted by molar-refractivity contribution is 0.209. The number of aliphatic hydroxyl groups is 1. The summed E-state index contributed by atoms with van der Waals surface area (Å²) in [5.74, 6) is 6.61. The van der Waals surface area contributed by atoms with Gasteiger partial charge < -0.3 is 9.94 Å². The number of rotatable bonds is 27. The molecule has 0 saturated heterocycles. The predicted molar refractivity (Wildman–Crippen MR) is 187 cm³/mol. The maximum absolute atomic E-state index is 10.1. The molecular formula is C35H54IN3O3. The Morgan fingerprint density at radius 2 is 1.50 bits per heavy atom. The highest BCUT2D eigenvalue weighted by Gasteiger charge is 1.99. The van der Waals surface area contributed by atoms with E-state index in [9.17, 15) is 5.11 Å². The Balaban J connectivity index is 3.59. The van der Waals surface area contributed by atoms with Crippen LogP contribution in [0, 0.1) is 11.8 Å². The third-order valence-electron chi connectivity index (χ3n) is 6.49. The van der Waals surface area contributed by atoms with Gasteiger partial charge in [-0.3, -0.25) is 3.07 Å². The Bertz CT molecular complexity index is 908. The van der Waals surface area contributed by atoms with Gasteiger partial charge in [0.2, 0.25) is 0 Å². The number of azide groups is 1. The van der Waals surface area contributed by atoms with E-state index in [1.807, 2.05) is 41.2 Å². The highest BCUT2D eigenvalue weighted by atomic mass is 127. The van der Waals surface area contributed by atoms with Crippen molar-refractivity contribution in [1.29, 1.82) is 0 Å². The molecule has 0 aromatic heterocycles. The molecule has 0 heterocycles. The fraction of sp³-hybridized carbons (Fsp3) is 0.600. The van der Waals surface area contributed by atoms with Crippen LogP contribution < -0.4 is 0 Å². The third-order valence-corrected chi connectivity index (χ3v) is 7.11. The van der Waals surface area contributed by atoms with E-state index in [1.54, 1.807) is 12.2 Å². The first kappa shape index (κ1) is 39.8. The van der Waals surface area contributed by atoms with Crippen molar-refractivity contribution >= 4 is 23.0 Å². The van der Waals surface area contributed by atoms with Gasteiger partial charge in [-0.1, -0.05) is 144 Å². The van der Waals surface area contributed by atoms with Gasteiger partial charge in [0.25, 0.3) is 0 Å². The van der Waals surface area contributed by atoms with Crippen LogP contribution in [0.25, 0.3) is 10.4 Å². The van der Waals surface area contributed by atoms with Crippen LogP contribution in [0.5, 0.6) is 0 Å². The number of hydrogen-bond donors (Lipinski definition) is 1. The monoisotopic (exact) mass is 691 g/mol. The van der Waals surface area contributed by atoms with Gasteiger partial charge in [-0.15, -0.1) is 0 Å². The quantitative estimate of drug-likeness (QED) is 0.00888. The van der Waals surface area contributed by atoms with E-state index >= 15 is 0 Å². The summed E-state index contributed by atoms with van der Waals surface area (Å²) >= 11 is 1.89. The van der Waals surface area contributed by atoms with Crippen molar-refractivity contribution in [2.45, 2.75) is 135 Å². The summed E-state index contributed by atoms with van der Waals surface area (Å²) in [6, 6.07) is 0. The van der Waals surface area contributed by atoms with E-state index in [1.165, 1.54) is 70.6 Å². The molecule has 0 aliphatic heterocycles. The fourth-order valence-corrected chi connectivity index (χ4v) is 4.45. The molecule has 42 heavy (non-hydrogen) atoms. The highest BCUT2D eigenvalue weighted by molar-refractivity contribution is 14.1. The second-order valence-corrected chi connectivity index (χ2v) is 10.8. The molecule has 0 aromatic carbocycles. The van der Waals surface area contributed by atoms with Crippen LogP contribution in [0.2, 0.25) is 0 Å². The number of nitrogens with zero attached hydrogens (tertiary/aromatic N) is 3. The molecule has 0 radical (unpaired) electrons. The second-order valence-electron chi connectivity index (χ2n) is 10.3. The van der Waals surface area contributed by atoms with Gasteiger partial charge in [-0.25, -0.2) is 0 Å². The minimum atomic E-state index is -0.484. The smallest absolute Gasteiger partial charge is 0.134 e. The molecule has 0 bridgehead atoms. The van der Waals surface area contributed by atoms with Gasteiger partial charge in [-0.2, -0.15) is 0 Å². The molecule has 0 fully saturated rings. The average Bonchev–Trinajstić information content (AvgIpc) is 2.99. The van der Waals surface area contributed by atoms with Crippen LogP contribution >= 0.6 is 23.0 Å². The van der Waals surface area contributed by atoms with E-state index in [2.05, 4.69) is 65.9 Å². The molecule has 0 amide bonds. The molecule has 6 nitrogen and oxygen atoms in total. The van der Waals surface area contributed by atoms with Crippen molar-refractivity contribution in [3.8, 4) is 11.8 Å². The number of unbranched alkanes of at least 4 members (excludes halogenated alkanes) is 12. The normalized spacial score (nSPS) is 13.2. The van der Waals surface area contributed by atoms with Gasteiger partial charge in [0.1, 0.15) is 40.1 Å². The van der Waals surface area contributed by atoms with Gasteiger partial charge in [0, 0.05) is 17.8 Å². The van der Waals surface area contributed by atoms with E-state index in [4.69, 9.17) is 13.4 Å². The maximum Gasteiger partial charge on any atom is 0.134 e. The largest absolute Gasteiger partial charge is 0.399 e. The number of hydrogen-bond acceptors (Lipinski definition) is 4. The number of halogens is 1. The summed E-state index contributed by atoms with van der Waals surface area (Å²) in [6.07, 6.45) is 40.2. The third kappa shape index (κ3) is 30.7. The zero-order valence-corrected chi connectivity index (χ0v) is 28.0. The topological polar surface area (TPSA) is 87.5 Å². The van der Waals surface area contributed by atoms with Crippen LogP contribution in [0.1, 0.15) is 122 Å². The predicted octanol–water partition coefficient (Wildman–Crippen LogP) is 11.7. The molecule has 2 atom stereocenters. The first-order valence-electron chi connectivity index (χ1n) is 15.8. The van der Waals surface area contributed by atoms with Gasteiger partial charge >= 0.3 is 0 Å². The van der Waals surface area contributed by atoms with Crippen molar-refractivity contribution in [1.82, 2.24) is 0 Å². The average molecular weight is 692 g/mol. The Kier molecular flexibility index (Phi) is 31.5. The molecule has 0 aliphatic rings. The fourth-order valence-electron chi connectivity index (χ4n) is 4.12. The maximum atomic E-state index is 10.1. The molecule has 0 aromatic rings. The van der Waals surface area contributed by atoms with Crippen LogP contribution in [0.4, 0.5) is 0 Å². The summed E-state index contributed by atoms with van der Waals surface area (Å²) < 4.78 is 5.31. The van der Waals surface area contributed by atoms with Crippen molar-refractivity contribution in [3.63, 3.8) is 0 Å². The Labute approximate surface area is 270 Å². The molecule has 234 valence electrons. The first-order chi connectivity index (χ1) is 20.6. The summed E-state index contributed by atoms with van der Waals surface area (Å²) in [7, 11) is 0. The Hall–Kier alpha value is -2.24. The second kappa shape index (κ2) is 33.3. The van der Waals surface area contributed by atoms with E-state index < -0.39 is 6.10 Å². The molecule has 0 spiro atoms. The lowest BCUT2D eigenvalue weighted by Crippen LogP contribution is -2.01. The van der Waals surface area contributed by atoms with Crippen molar-refractivity contribution in [3.05, 3.63) is 83.5 Å². The van der Waals surface area contributed by atoms with Gasteiger partial charge in [0.15, 0.2) is 0 Å². The molecule has 1 N–H and O–H groups in total. The number of allylic oxidation sites excluding steroid dienone is 8. The summed E-state index contributed by atoms with van der Waals surface area (Å²) in [5, 5.41) is 13.1. The highest BCUT2D eigenvalue weighted by Crippen LogP contribution is 2.15. The minimum absolute atomic E-state index is 0.0984. The van der Waals surface area contributed by atoms with E-state index in [-0.39, 0.29) is 6.10 Å². The van der Waals surface area contributed by atoms with Crippen LogP contribution in [0.15, 0.2) is 78.4 Å². The van der Waals surface area contributed by atoms with Crippen LogP contribution in [0.3, 0.4) is 0 Å². The summed E-state index contributed by atoms with van der Waals surface area (Å²) in [6.45, 7) is 5.83. The molecule has 0 saturated carbocycles. The zero-order chi connectivity index (χ0) is 30.8. The molecule has 7 heteroatoms. The Morgan fingerprint density at radius 3 is 2.14 bits per heavy atom. The van der Waals surface area contributed by atoms with Crippen LogP contribution in [-0.2, 0) is 7.90 Å². The van der Waals surface area contributed by atoms with Crippen molar-refractivity contribution < 1.29 is 13.0 Å². The summed E-state index contributed by atoms with van der Waals surface area (Å²) in [4.78, 5) is 7.31. The zero-order valence-electron chi connectivity index (χ0n) is 25.8. The van der Waals surface area contributed by atoms with Crippen LogP contribution in [-0.4, -0.2) is 17.3 Å². The SMILES string of the molecule is C=C(CCCCCCCCCCCCCC/C=C\C/C=C\C[C@@H](O)/C=C/C=C/C#C[C@H](C/C=C\CC)OI)ON=[N+]=[N-]. The van der Waals surface area contributed by atoms with Gasteiger partial charge in [0.05, 0.1) is 6.10 Å². The standard InChI is InChI=1S/C35H54IN3O3/c1-3-4-23-31-35(41-36)32-27-22-21-26-30-34(40)29-25-20-18-16-14-12-10-8-6-5-7-9-11-13-15-17-19-24-28-33(2)42-39-38-37/h4,14,16,20-23,25-26,30,34-35,40H,2-3,5-13,15,17-19,24,28-29,31H2,1H3/b16-14-,22-21+,23-4-,25-20-,30-26+/t34-,35+/m1/s1. The van der Waals surface area contributed by atoms with E-state index in [0.29, 0.717) is 12.2 Å². The molecule has 0 unspecified atom stereocenters. The van der Waals surface area contributed by atoms with Crippen molar-refractivity contribution in [2.75, 3.05) is 0 Å². The Morgan fingerprint density at radius 1 is 0.881 bits per heavy atom. The molecular weight excluding hydrogens is 637 g/mol. The summed E-state index contributed by atoms with van der Waals surface area (Å²) in [5.41, 5.74) is 8.19. The molecule has 0 aliphatic carbocycles. The van der Waals surface area contributed by atoms with Gasteiger partial charge in [-0.05, 0) is 50.1 Å². The number of aliphatic hydroxyl groups excluding tert-OH is 1. The first-order valence-corrected chi connectivity index (χ1v) is 16.7. The lowest BCUT2D eigenvalue weighted by Gasteiger charge is -2.04. The minimum Gasteiger partial charge on any atom is -0.399 e. The molecule has 0 rings (SSSR count). The van der Waals surface area contributed by atoms with Crippen molar-refractivity contribution in [2.24, 2.45) is 5.28 Å². The lowest BCUT2D eigenvalue weighted by atomic mass is 10.0. The van der Waals surface area contributed by atoms with E-state index in [0.717, 1.165) is 38.5 Å².